The van der Waals surface area contributed by atoms with Crippen molar-refractivity contribution in [1.29, 1.82) is 0 Å². The highest BCUT2D eigenvalue weighted by Crippen LogP contribution is 2.30. The Balaban J connectivity index is 3.55. The van der Waals surface area contributed by atoms with Crippen LogP contribution in [0.4, 0.5) is 4.79 Å². The van der Waals surface area contributed by atoms with Crippen molar-refractivity contribution >= 4 is 23.9 Å². The molecular formula is C31H51N3O6. The Hall–Kier alpha value is -3.10. The van der Waals surface area contributed by atoms with Crippen LogP contribution in [0.2, 0.25) is 0 Å². The number of nitrogens with zero attached hydrogens (tertiary/aromatic N) is 1. The lowest BCUT2D eigenvalue weighted by atomic mass is 9.93. The van der Waals surface area contributed by atoms with E-state index in [0.29, 0.717) is 17.9 Å². The van der Waals surface area contributed by atoms with E-state index in [1.165, 1.54) is 0 Å². The molecule has 3 amide bonds. The Morgan fingerprint density at radius 3 is 2.12 bits per heavy atom. The Bertz CT molecular complexity index is 986. The van der Waals surface area contributed by atoms with Crippen molar-refractivity contribution in [2.24, 2.45) is 11.8 Å². The molecule has 0 spiro atoms. The molecule has 9 nitrogen and oxygen atoms in total. The number of benzene rings is 1. The minimum absolute atomic E-state index is 0.0196. The molecule has 40 heavy (non-hydrogen) atoms. The molecule has 0 fully saturated rings. The van der Waals surface area contributed by atoms with E-state index >= 15 is 0 Å². The van der Waals surface area contributed by atoms with Gasteiger partial charge in [-0.2, -0.15) is 0 Å². The highest BCUT2D eigenvalue weighted by atomic mass is 16.6. The van der Waals surface area contributed by atoms with E-state index in [2.05, 4.69) is 24.5 Å². The molecule has 226 valence electrons. The van der Waals surface area contributed by atoms with Crippen molar-refractivity contribution in [3.05, 3.63) is 35.4 Å². The average Bonchev–Trinajstić information content (AvgIpc) is 2.83. The van der Waals surface area contributed by atoms with Crippen molar-refractivity contribution in [2.75, 3.05) is 13.2 Å². The first-order valence-corrected chi connectivity index (χ1v) is 14.4. The van der Waals surface area contributed by atoms with Gasteiger partial charge in [0, 0.05) is 12.6 Å². The minimum Gasteiger partial charge on any atom is -0.466 e. The van der Waals surface area contributed by atoms with Crippen LogP contribution in [-0.2, 0) is 23.9 Å². The summed E-state index contributed by atoms with van der Waals surface area (Å²) in [5.41, 5.74) is 0.797. The van der Waals surface area contributed by atoms with Crippen molar-refractivity contribution in [3.8, 4) is 0 Å². The van der Waals surface area contributed by atoms with E-state index in [-0.39, 0.29) is 37.4 Å². The number of hydrogen-bond donors (Lipinski definition) is 2. The van der Waals surface area contributed by atoms with Crippen LogP contribution in [0.1, 0.15) is 98.7 Å². The lowest BCUT2D eigenvalue weighted by Gasteiger charge is -2.40. The standard InChI is InChI=1S/C31H51N3O6/c1-11-39-25(35)18-19-32-28(36)27(24-15-13-12-14-22(24)6)34(23(7)17-16-20(2)3)29(37)26(21(4)5)33-30(38)40-31(8,9)10/h12-15,20-21,23,26-27H,11,16-19H2,1-10H3,(H,32,36)(H,33,38). The van der Waals surface area contributed by atoms with E-state index < -0.39 is 35.7 Å². The fourth-order valence-electron chi connectivity index (χ4n) is 4.35. The molecule has 9 heteroatoms. The summed E-state index contributed by atoms with van der Waals surface area (Å²) in [6.45, 7) is 19.1. The molecule has 0 radical (unpaired) electrons. The summed E-state index contributed by atoms with van der Waals surface area (Å²) in [5.74, 6) is -1.05. The monoisotopic (exact) mass is 561 g/mol. The fourth-order valence-corrected chi connectivity index (χ4v) is 4.35. The summed E-state index contributed by atoms with van der Waals surface area (Å²) < 4.78 is 10.4. The average molecular weight is 562 g/mol. The van der Waals surface area contributed by atoms with Crippen molar-refractivity contribution in [3.63, 3.8) is 0 Å². The summed E-state index contributed by atoms with van der Waals surface area (Å²) in [6, 6.07) is 5.23. The van der Waals surface area contributed by atoms with Crippen LogP contribution in [0.15, 0.2) is 24.3 Å². The number of rotatable bonds is 14. The van der Waals surface area contributed by atoms with Crippen LogP contribution in [0.25, 0.3) is 0 Å². The molecule has 0 aliphatic carbocycles. The van der Waals surface area contributed by atoms with Crippen LogP contribution in [0.5, 0.6) is 0 Å². The maximum Gasteiger partial charge on any atom is 0.408 e. The van der Waals surface area contributed by atoms with Gasteiger partial charge in [-0.3, -0.25) is 14.4 Å². The minimum atomic E-state index is -0.972. The number of carbonyl (C=O) groups is 4. The topological polar surface area (TPSA) is 114 Å². The SMILES string of the molecule is CCOC(=O)CCNC(=O)C(c1ccccc1C)N(C(=O)C(NC(=O)OC(C)(C)C)C(C)C)C(C)CCC(C)C. The number of carbonyl (C=O) groups excluding carboxylic acids is 4. The third kappa shape index (κ3) is 11.6. The van der Waals surface area contributed by atoms with Crippen molar-refractivity contribution in [1.82, 2.24) is 15.5 Å². The van der Waals surface area contributed by atoms with E-state index in [4.69, 9.17) is 9.47 Å². The first-order chi connectivity index (χ1) is 18.6. The van der Waals surface area contributed by atoms with Gasteiger partial charge in [-0.05, 0) is 77.3 Å². The van der Waals surface area contributed by atoms with Crippen LogP contribution in [-0.4, -0.2) is 59.6 Å². The second-order valence-corrected chi connectivity index (χ2v) is 12.0. The van der Waals surface area contributed by atoms with Gasteiger partial charge in [0.25, 0.3) is 0 Å². The zero-order valence-corrected chi connectivity index (χ0v) is 26.1. The van der Waals surface area contributed by atoms with E-state index in [9.17, 15) is 19.2 Å². The number of amides is 3. The van der Waals surface area contributed by atoms with Gasteiger partial charge in [-0.25, -0.2) is 4.79 Å². The number of hydrogen-bond acceptors (Lipinski definition) is 6. The van der Waals surface area contributed by atoms with Gasteiger partial charge < -0.3 is 25.0 Å². The Morgan fingerprint density at radius 2 is 1.60 bits per heavy atom. The molecule has 0 saturated carbocycles. The summed E-state index contributed by atoms with van der Waals surface area (Å²) in [5, 5.41) is 5.61. The van der Waals surface area contributed by atoms with Gasteiger partial charge in [0.05, 0.1) is 13.0 Å². The molecule has 1 rings (SSSR count). The maximum absolute atomic E-state index is 14.4. The molecule has 0 bridgehead atoms. The Kier molecular flexibility index (Phi) is 14.2. The number of alkyl carbamates (subject to hydrolysis) is 1. The van der Waals surface area contributed by atoms with Gasteiger partial charge >= 0.3 is 12.1 Å². The highest BCUT2D eigenvalue weighted by Gasteiger charge is 2.40. The second-order valence-electron chi connectivity index (χ2n) is 12.0. The molecule has 1 aromatic carbocycles. The number of ether oxygens (including phenoxy) is 2. The summed E-state index contributed by atoms with van der Waals surface area (Å²) >= 11 is 0. The van der Waals surface area contributed by atoms with Crippen LogP contribution < -0.4 is 10.6 Å². The summed E-state index contributed by atoms with van der Waals surface area (Å²) in [7, 11) is 0. The fraction of sp³-hybridized carbons (Fsp3) is 0.677. The van der Waals surface area contributed by atoms with Gasteiger partial charge in [-0.1, -0.05) is 52.0 Å². The van der Waals surface area contributed by atoms with Crippen molar-refractivity contribution in [2.45, 2.75) is 112 Å². The zero-order valence-electron chi connectivity index (χ0n) is 26.1. The molecule has 0 aliphatic rings. The summed E-state index contributed by atoms with van der Waals surface area (Å²) in [4.78, 5) is 54.5. The number of esters is 1. The van der Waals surface area contributed by atoms with Crippen LogP contribution >= 0.6 is 0 Å². The largest absolute Gasteiger partial charge is 0.466 e. The molecular weight excluding hydrogens is 510 g/mol. The van der Waals surface area contributed by atoms with E-state index in [0.717, 1.165) is 12.0 Å². The molecule has 2 N–H and O–H groups in total. The van der Waals surface area contributed by atoms with Gasteiger partial charge in [0.2, 0.25) is 11.8 Å². The molecule has 3 atom stereocenters. The van der Waals surface area contributed by atoms with Gasteiger partial charge in [0.15, 0.2) is 0 Å². The third-order valence-electron chi connectivity index (χ3n) is 6.44. The van der Waals surface area contributed by atoms with Crippen molar-refractivity contribution < 1.29 is 28.7 Å². The normalized spacial score (nSPS) is 13.8. The highest BCUT2D eigenvalue weighted by molar-refractivity contribution is 5.92. The van der Waals surface area contributed by atoms with Crippen LogP contribution in [0, 0.1) is 18.8 Å². The third-order valence-corrected chi connectivity index (χ3v) is 6.44. The first kappa shape index (κ1) is 34.9. The predicted octanol–water partition coefficient (Wildman–Crippen LogP) is 5.31. The number of aryl methyl sites for hydroxylation is 1. The lowest BCUT2D eigenvalue weighted by Crippen LogP contribution is -2.57. The smallest absolute Gasteiger partial charge is 0.408 e. The molecule has 0 aromatic heterocycles. The number of nitrogens with one attached hydrogen (secondary N) is 2. The maximum atomic E-state index is 14.4. The zero-order chi connectivity index (χ0) is 30.6. The Morgan fingerprint density at radius 1 is 0.975 bits per heavy atom. The first-order valence-electron chi connectivity index (χ1n) is 14.4. The molecule has 0 aliphatic heterocycles. The van der Waals surface area contributed by atoms with Gasteiger partial charge in [0.1, 0.15) is 17.7 Å². The predicted molar refractivity (Wildman–Crippen MR) is 157 cm³/mol. The molecule has 1 aromatic rings. The van der Waals surface area contributed by atoms with E-state index in [1.54, 1.807) is 32.6 Å². The molecule has 3 unspecified atom stereocenters. The lowest BCUT2D eigenvalue weighted by molar-refractivity contribution is -0.146. The quantitative estimate of drug-likeness (QED) is 0.298. The molecule has 0 heterocycles. The summed E-state index contributed by atoms with van der Waals surface area (Å²) in [6.07, 6.45) is 0.841. The Labute approximate surface area is 240 Å². The molecule has 0 saturated heterocycles. The van der Waals surface area contributed by atoms with Crippen LogP contribution in [0.3, 0.4) is 0 Å². The van der Waals surface area contributed by atoms with E-state index in [1.807, 2.05) is 52.0 Å². The van der Waals surface area contributed by atoms with Gasteiger partial charge in [-0.15, -0.1) is 0 Å². The second kappa shape index (κ2) is 16.2.